The van der Waals surface area contributed by atoms with Gasteiger partial charge in [0, 0.05) is 23.4 Å². The Morgan fingerprint density at radius 1 is 1.46 bits per heavy atom. The fourth-order valence-electron chi connectivity index (χ4n) is 1.21. The topological polar surface area (TPSA) is 60.2 Å². The molecule has 1 heterocycles. The Bertz CT molecular complexity index is 402. The molecule has 0 unspecified atom stereocenters. The summed E-state index contributed by atoms with van der Waals surface area (Å²) < 4.78 is 0. The number of thioether (sulfide) groups is 1. The van der Waals surface area contributed by atoms with Gasteiger partial charge in [0.05, 0.1) is 4.92 Å². The second-order valence-electron chi connectivity index (χ2n) is 2.67. The van der Waals surface area contributed by atoms with E-state index in [-0.39, 0.29) is 10.8 Å². The molecule has 0 saturated carbocycles. The number of carbonyl (C=O) groups excluding carboxylic acids is 1. The fraction of sp³-hybridized carbons (Fsp3) is 0.125. The van der Waals surface area contributed by atoms with Crippen LogP contribution in [0, 0.1) is 10.1 Å². The molecule has 0 radical (unpaired) electrons. The predicted molar refractivity (Wildman–Crippen MR) is 48.7 cm³/mol. The lowest BCUT2D eigenvalue weighted by atomic mass is 10.1. The molecule has 0 aromatic heterocycles. The molecule has 0 fully saturated rings. The number of fused-ring (bicyclic) bond motifs is 1. The van der Waals surface area contributed by atoms with Crippen LogP contribution in [0.25, 0.3) is 0 Å². The van der Waals surface area contributed by atoms with Crippen LogP contribution in [0.5, 0.6) is 0 Å². The van der Waals surface area contributed by atoms with Crippen LogP contribution < -0.4 is 0 Å². The van der Waals surface area contributed by atoms with Crippen molar-refractivity contribution in [1.29, 1.82) is 0 Å². The minimum atomic E-state index is -0.490. The average Bonchev–Trinajstić information content (AvgIpc) is 2.47. The standard InChI is InChI=1S/C8H5NO3S/c10-8-7-3-6(9(11)12)2-1-5(7)4-13-8/h1-3H,4H2. The van der Waals surface area contributed by atoms with Crippen LogP contribution >= 0.6 is 11.8 Å². The molecule has 0 spiro atoms. The first kappa shape index (κ1) is 8.25. The molecule has 4 nitrogen and oxygen atoms in total. The highest BCUT2D eigenvalue weighted by atomic mass is 32.2. The van der Waals surface area contributed by atoms with Crippen LogP contribution in [0.15, 0.2) is 18.2 Å². The summed E-state index contributed by atoms with van der Waals surface area (Å²) >= 11 is 1.18. The zero-order chi connectivity index (χ0) is 9.42. The number of nitrogens with zero attached hydrogens (tertiary/aromatic N) is 1. The Morgan fingerprint density at radius 3 is 2.92 bits per heavy atom. The van der Waals surface area contributed by atoms with E-state index in [2.05, 4.69) is 0 Å². The van der Waals surface area contributed by atoms with Gasteiger partial charge in [-0.2, -0.15) is 0 Å². The molecule has 2 rings (SSSR count). The van der Waals surface area contributed by atoms with Gasteiger partial charge >= 0.3 is 0 Å². The molecular formula is C8H5NO3S. The van der Waals surface area contributed by atoms with Crippen LogP contribution in [0.4, 0.5) is 5.69 Å². The molecule has 0 amide bonds. The summed E-state index contributed by atoms with van der Waals surface area (Å²) in [6, 6.07) is 4.42. The Kier molecular flexibility index (Phi) is 1.81. The van der Waals surface area contributed by atoms with Gasteiger partial charge in [-0.3, -0.25) is 14.9 Å². The highest BCUT2D eigenvalue weighted by molar-refractivity contribution is 8.13. The van der Waals surface area contributed by atoms with Gasteiger partial charge in [0.2, 0.25) is 5.12 Å². The van der Waals surface area contributed by atoms with E-state index in [9.17, 15) is 14.9 Å². The molecule has 1 aliphatic rings. The van der Waals surface area contributed by atoms with Crippen molar-refractivity contribution >= 4 is 22.6 Å². The second-order valence-corrected chi connectivity index (χ2v) is 3.62. The first-order valence-electron chi connectivity index (χ1n) is 3.63. The van der Waals surface area contributed by atoms with Gasteiger partial charge in [-0.15, -0.1) is 0 Å². The summed E-state index contributed by atoms with van der Waals surface area (Å²) in [5, 5.41) is 10.3. The number of nitro benzene ring substituents is 1. The van der Waals surface area contributed by atoms with Gasteiger partial charge in [0.15, 0.2) is 0 Å². The van der Waals surface area contributed by atoms with E-state index in [1.165, 1.54) is 23.9 Å². The molecule has 0 N–H and O–H groups in total. The lowest BCUT2D eigenvalue weighted by molar-refractivity contribution is -0.384. The van der Waals surface area contributed by atoms with Gasteiger partial charge in [-0.1, -0.05) is 17.8 Å². The van der Waals surface area contributed by atoms with E-state index in [0.717, 1.165) is 5.56 Å². The fourth-order valence-corrected chi connectivity index (χ4v) is 2.10. The number of hydrogen-bond acceptors (Lipinski definition) is 4. The third-order valence-corrected chi connectivity index (χ3v) is 2.82. The maximum atomic E-state index is 11.2. The summed E-state index contributed by atoms with van der Waals surface area (Å²) in [5.41, 5.74) is 1.36. The van der Waals surface area contributed by atoms with Gasteiger partial charge in [-0.05, 0) is 5.56 Å². The summed E-state index contributed by atoms with van der Waals surface area (Å²) in [7, 11) is 0. The van der Waals surface area contributed by atoms with Crippen molar-refractivity contribution in [3.8, 4) is 0 Å². The van der Waals surface area contributed by atoms with Crippen LogP contribution in [0.3, 0.4) is 0 Å². The van der Waals surface area contributed by atoms with E-state index in [1.807, 2.05) is 0 Å². The zero-order valence-corrected chi connectivity index (χ0v) is 7.34. The van der Waals surface area contributed by atoms with Crippen molar-refractivity contribution < 1.29 is 9.72 Å². The number of rotatable bonds is 1. The smallest absolute Gasteiger partial charge is 0.270 e. The van der Waals surface area contributed by atoms with Gasteiger partial charge in [0.1, 0.15) is 0 Å². The quantitative estimate of drug-likeness (QED) is 0.507. The van der Waals surface area contributed by atoms with E-state index < -0.39 is 4.92 Å². The molecule has 66 valence electrons. The summed E-state index contributed by atoms with van der Waals surface area (Å²) in [4.78, 5) is 21.1. The summed E-state index contributed by atoms with van der Waals surface area (Å²) in [5.74, 6) is 0.631. The van der Waals surface area contributed by atoms with Gasteiger partial charge in [-0.25, -0.2) is 0 Å². The highest BCUT2D eigenvalue weighted by Gasteiger charge is 2.22. The van der Waals surface area contributed by atoms with Crippen molar-refractivity contribution in [2.45, 2.75) is 5.75 Å². The maximum Gasteiger partial charge on any atom is 0.270 e. The molecule has 13 heavy (non-hydrogen) atoms. The molecular weight excluding hydrogens is 190 g/mol. The normalized spacial score (nSPS) is 14.3. The molecule has 1 aliphatic heterocycles. The van der Waals surface area contributed by atoms with Crippen LogP contribution in [-0.4, -0.2) is 10.0 Å². The molecule has 0 bridgehead atoms. The van der Waals surface area contributed by atoms with E-state index in [1.54, 1.807) is 6.07 Å². The Balaban J connectivity index is 2.54. The average molecular weight is 195 g/mol. The molecule has 5 heteroatoms. The number of carbonyl (C=O) groups is 1. The van der Waals surface area contributed by atoms with E-state index in [0.29, 0.717) is 11.3 Å². The first-order chi connectivity index (χ1) is 6.18. The zero-order valence-electron chi connectivity index (χ0n) is 6.52. The highest BCUT2D eigenvalue weighted by Crippen LogP contribution is 2.31. The van der Waals surface area contributed by atoms with Crippen LogP contribution in [-0.2, 0) is 5.75 Å². The van der Waals surface area contributed by atoms with E-state index >= 15 is 0 Å². The molecule has 0 atom stereocenters. The summed E-state index contributed by atoms with van der Waals surface area (Å²) in [6.45, 7) is 0. The number of benzene rings is 1. The van der Waals surface area contributed by atoms with Gasteiger partial charge < -0.3 is 0 Å². The van der Waals surface area contributed by atoms with Crippen molar-refractivity contribution in [2.24, 2.45) is 0 Å². The molecule has 0 saturated heterocycles. The third kappa shape index (κ3) is 1.31. The Labute approximate surface area is 78.1 Å². The predicted octanol–water partition coefficient (Wildman–Crippen LogP) is 1.98. The Morgan fingerprint density at radius 2 is 2.23 bits per heavy atom. The molecule has 1 aromatic rings. The minimum Gasteiger partial charge on any atom is -0.282 e. The number of nitro groups is 1. The van der Waals surface area contributed by atoms with Crippen molar-refractivity contribution in [2.75, 3.05) is 0 Å². The lowest BCUT2D eigenvalue weighted by Gasteiger charge is -1.95. The first-order valence-corrected chi connectivity index (χ1v) is 4.61. The number of non-ortho nitro benzene ring substituents is 1. The van der Waals surface area contributed by atoms with Gasteiger partial charge in [0.25, 0.3) is 5.69 Å². The van der Waals surface area contributed by atoms with Crippen molar-refractivity contribution in [1.82, 2.24) is 0 Å². The van der Waals surface area contributed by atoms with Crippen LogP contribution in [0.2, 0.25) is 0 Å². The monoisotopic (exact) mass is 195 g/mol. The second kappa shape index (κ2) is 2.85. The third-order valence-electron chi connectivity index (χ3n) is 1.88. The largest absolute Gasteiger partial charge is 0.282 e. The number of hydrogen-bond donors (Lipinski definition) is 0. The Hall–Kier alpha value is -1.36. The van der Waals surface area contributed by atoms with Crippen molar-refractivity contribution in [3.05, 3.63) is 39.4 Å². The van der Waals surface area contributed by atoms with Crippen molar-refractivity contribution in [3.63, 3.8) is 0 Å². The SMILES string of the molecule is O=C1SCc2ccc([N+](=O)[O-])cc21. The summed E-state index contributed by atoms with van der Waals surface area (Å²) in [6.07, 6.45) is 0. The lowest BCUT2D eigenvalue weighted by Crippen LogP contribution is -1.93. The van der Waals surface area contributed by atoms with Crippen LogP contribution in [0.1, 0.15) is 15.9 Å². The maximum absolute atomic E-state index is 11.2. The van der Waals surface area contributed by atoms with E-state index in [4.69, 9.17) is 0 Å². The minimum absolute atomic E-state index is 0.0189. The molecule has 0 aliphatic carbocycles. The molecule has 1 aromatic carbocycles.